The lowest BCUT2D eigenvalue weighted by Gasteiger charge is -2.14. The van der Waals surface area contributed by atoms with Crippen molar-refractivity contribution in [2.45, 2.75) is 44.4 Å². The Morgan fingerprint density at radius 2 is 1.81 bits per heavy atom. The monoisotopic (exact) mass is 374 g/mol. The molecule has 0 heterocycles. The average Bonchev–Trinajstić information content (AvgIpc) is 2.62. The molecule has 2 N–H and O–H groups in total. The molecule has 5 nitrogen and oxygen atoms in total. The lowest BCUT2D eigenvalue weighted by Crippen LogP contribution is -2.25. The third-order valence-electron chi connectivity index (χ3n) is 4.06. The Morgan fingerprint density at radius 3 is 2.50 bits per heavy atom. The van der Waals surface area contributed by atoms with Gasteiger partial charge in [-0.1, -0.05) is 51.5 Å². The maximum absolute atomic E-state index is 12.6. The van der Waals surface area contributed by atoms with Crippen LogP contribution >= 0.6 is 0 Å². The first-order valence-electron chi connectivity index (χ1n) is 8.85. The van der Waals surface area contributed by atoms with Gasteiger partial charge in [0.15, 0.2) is 0 Å². The van der Waals surface area contributed by atoms with Gasteiger partial charge in [-0.15, -0.1) is 0 Å². The number of hydrogen-bond donors (Lipinski definition) is 2. The molecule has 0 radical (unpaired) electrons. The number of unbranched alkanes of at least 4 members (excludes halogenated alkanes) is 1. The van der Waals surface area contributed by atoms with Crippen LogP contribution in [0.25, 0.3) is 0 Å². The number of rotatable bonds is 8. The SMILES string of the molecule is CCCCNS(=O)(=O)c1cccc(C(=O)Nc2ccccc2C(C)C)c1. The van der Waals surface area contributed by atoms with E-state index in [4.69, 9.17) is 0 Å². The van der Waals surface area contributed by atoms with Crippen LogP contribution in [0.5, 0.6) is 0 Å². The fraction of sp³-hybridized carbons (Fsp3) is 0.350. The molecule has 0 aliphatic rings. The van der Waals surface area contributed by atoms with Crippen LogP contribution in [-0.4, -0.2) is 20.9 Å². The zero-order valence-electron chi connectivity index (χ0n) is 15.5. The van der Waals surface area contributed by atoms with E-state index in [1.807, 2.05) is 31.2 Å². The number of amides is 1. The number of sulfonamides is 1. The maximum atomic E-state index is 12.6. The second kappa shape index (κ2) is 8.96. The number of benzene rings is 2. The third kappa shape index (κ3) is 5.16. The number of nitrogens with one attached hydrogen (secondary N) is 2. The summed E-state index contributed by atoms with van der Waals surface area (Å²) in [5.41, 5.74) is 2.08. The Labute approximate surface area is 155 Å². The van der Waals surface area contributed by atoms with Crippen molar-refractivity contribution in [3.63, 3.8) is 0 Å². The highest BCUT2D eigenvalue weighted by molar-refractivity contribution is 7.89. The molecule has 6 heteroatoms. The zero-order chi connectivity index (χ0) is 19.2. The number of hydrogen-bond acceptors (Lipinski definition) is 3. The van der Waals surface area contributed by atoms with Gasteiger partial charge in [0.25, 0.3) is 5.91 Å². The molecular weight excluding hydrogens is 348 g/mol. The summed E-state index contributed by atoms with van der Waals surface area (Å²) in [7, 11) is -3.61. The molecule has 0 atom stereocenters. The van der Waals surface area contributed by atoms with Gasteiger partial charge in [-0.05, 0) is 42.2 Å². The summed E-state index contributed by atoms with van der Waals surface area (Å²) in [6.07, 6.45) is 1.67. The Kier molecular flexibility index (Phi) is 6.94. The molecule has 2 rings (SSSR count). The smallest absolute Gasteiger partial charge is 0.255 e. The molecule has 2 aromatic carbocycles. The first-order chi connectivity index (χ1) is 12.3. The molecule has 26 heavy (non-hydrogen) atoms. The molecule has 140 valence electrons. The van der Waals surface area contributed by atoms with E-state index in [-0.39, 0.29) is 16.7 Å². The Morgan fingerprint density at radius 1 is 1.08 bits per heavy atom. The number of carbonyl (C=O) groups is 1. The summed E-state index contributed by atoms with van der Waals surface area (Å²) in [5, 5.41) is 2.88. The predicted molar refractivity (Wildman–Crippen MR) is 105 cm³/mol. The third-order valence-corrected chi connectivity index (χ3v) is 5.52. The number of carbonyl (C=O) groups excluding carboxylic acids is 1. The standard InChI is InChI=1S/C20H26N2O3S/c1-4-5-13-21-26(24,25)17-10-8-9-16(14-17)20(23)22-19-12-7-6-11-18(19)15(2)3/h6-12,14-15,21H,4-5,13H2,1-3H3,(H,22,23). The quantitative estimate of drug-likeness (QED) is 0.682. The van der Waals surface area contributed by atoms with Crippen molar-refractivity contribution in [1.29, 1.82) is 0 Å². The first kappa shape index (κ1) is 20.1. The summed E-state index contributed by atoms with van der Waals surface area (Å²) in [5.74, 6) is -0.0651. The van der Waals surface area contributed by atoms with Crippen molar-refractivity contribution in [2.24, 2.45) is 0 Å². The Bertz CT molecular complexity index is 861. The summed E-state index contributed by atoms with van der Waals surface area (Å²) in [4.78, 5) is 12.7. The number of para-hydroxylation sites is 1. The number of anilines is 1. The fourth-order valence-electron chi connectivity index (χ4n) is 2.58. The van der Waals surface area contributed by atoms with Crippen LogP contribution in [0, 0.1) is 0 Å². The predicted octanol–water partition coefficient (Wildman–Crippen LogP) is 4.14. The highest BCUT2D eigenvalue weighted by Gasteiger charge is 2.16. The summed E-state index contributed by atoms with van der Waals surface area (Å²) in [6.45, 7) is 6.49. The van der Waals surface area contributed by atoms with Crippen LogP contribution < -0.4 is 10.0 Å². The second-order valence-corrected chi connectivity index (χ2v) is 8.24. The second-order valence-electron chi connectivity index (χ2n) is 6.48. The van der Waals surface area contributed by atoms with E-state index in [9.17, 15) is 13.2 Å². The van der Waals surface area contributed by atoms with Crippen molar-refractivity contribution < 1.29 is 13.2 Å². The van der Waals surface area contributed by atoms with Crippen molar-refractivity contribution in [2.75, 3.05) is 11.9 Å². The van der Waals surface area contributed by atoms with Crippen LogP contribution in [-0.2, 0) is 10.0 Å². The molecule has 0 unspecified atom stereocenters. The van der Waals surface area contributed by atoms with Gasteiger partial charge in [0.2, 0.25) is 10.0 Å². The van der Waals surface area contributed by atoms with E-state index in [1.165, 1.54) is 12.1 Å². The molecule has 0 aromatic heterocycles. The Hall–Kier alpha value is -2.18. The normalized spacial score (nSPS) is 11.5. The van der Waals surface area contributed by atoms with Gasteiger partial charge in [0.05, 0.1) is 4.90 Å². The minimum atomic E-state index is -3.61. The van der Waals surface area contributed by atoms with Crippen LogP contribution in [0.3, 0.4) is 0 Å². The molecule has 2 aromatic rings. The zero-order valence-corrected chi connectivity index (χ0v) is 16.3. The van der Waals surface area contributed by atoms with Crippen molar-refractivity contribution in [1.82, 2.24) is 4.72 Å². The average molecular weight is 375 g/mol. The fourth-order valence-corrected chi connectivity index (χ4v) is 3.70. The summed E-state index contributed by atoms with van der Waals surface area (Å²) >= 11 is 0. The molecule has 0 fully saturated rings. The van der Waals surface area contributed by atoms with Crippen molar-refractivity contribution >= 4 is 21.6 Å². The van der Waals surface area contributed by atoms with Crippen LogP contribution in [0.15, 0.2) is 53.4 Å². The van der Waals surface area contributed by atoms with E-state index < -0.39 is 10.0 Å². The van der Waals surface area contributed by atoms with Crippen LogP contribution in [0.1, 0.15) is 55.5 Å². The van der Waals surface area contributed by atoms with Gasteiger partial charge >= 0.3 is 0 Å². The minimum Gasteiger partial charge on any atom is -0.322 e. The van der Waals surface area contributed by atoms with Crippen LogP contribution in [0.2, 0.25) is 0 Å². The van der Waals surface area contributed by atoms with E-state index in [0.29, 0.717) is 12.1 Å². The molecule has 1 amide bonds. The van der Waals surface area contributed by atoms with E-state index in [1.54, 1.807) is 12.1 Å². The van der Waals surface area contributed by atoms with Gasteiger partial charge in [-0.3, -0.25) is 4.79 Å². The lowest BCUT2D eigenvalue weighted by atomic mass is 10.0. The maximum Gasteiger partial charge on any atom is 0.255 e. The molecular formula is C20H26N2O3S. The summed E-state index contributed by atoms with van der Waals surface area (Å²) in [6, 6.07) is 13.7. The van der Waals surface area contributed by atoms with Gasteiger partial charge in [-0.2, -0.15) is 0 Å². The van der Waals surface area contributed by atoms with E-state index in [2.05, 4.69) is 23.9 Å². The Balaban J connectivity index is 2.21. The lowest BCUT2D eigenvalue weighted by molar-refractivity contribution is 0.102. The van der Waals surface area contributed by atoms with Gasteiger partial charge in [-0.25, -0.2) is 13.1 Å². The van der Waals surface area contributed by atoms with Gasteiger partial charge < -0.3 is 5.32 Å². The first-order valence-corrected chi connectivity index (χ1v) is 10.3. The highest BCUT2D eigenvalue weighted by atomic mass is 32.2. The highest BCUT2D eigenvalue weighted by Crippen LogP contribution is 2.24. The molecule has 0 aliphatic heterocycles. The van der Waals surface area contributed by atoms with Crippen molar-refractivity contribution in [3.8, 4) is 0 Å². The van der Waals surface area contributed by atoms with E-state index >= 15 is 0 Å². The summed E-state index contributed by atoms with van der Waals surface area (Å²) < 4.78 is 27.2. The van der Waals surface area contributed by atoms with Crippen molar-refractivity contribution in [3.05, 3.63) is 59.7 Å². The van der Waals surface area contributed by atoms with Gasteiger partial charge in [0, 0.05) is 17.8 Å². The minimum absolute atomic E-state index is 0.0957. The van der Waals surface area contributed by atoms with Crippen LogP contribution in [0.4, 0.5) is 5.69 Å². The van der Waals surface area contributed by atoms with E-state index in [0.717, 1.165) is 24.1 Å². The van der Waals surface area contributed by atoms with Gasteiger partial charge in [0.1, 0.15) is 0 Å². The molecule has 0 saturated carbocycles. The molecule has 0 bridgehead atoms. The molecule has 0 spiro atoms. The largest absolute Gasteiger partial charge is 0.322 e. The molecule has 0 aliphatic carbocycles. The topological polar surface area (TPSA) is 75.3 Å². The molecule has 0 saturated heterocycles.